The van der Waals surface area contributed by atoms with Gasteiger partial charge in [-0.3, -0.25) is 4.99 Å². The molecule has 5 nitrogen and oxygen atoms in total. The molecule has 3 rings (SSSR count). The molecule has 2 atom stereocenters. The Morgan fingerprint density at radius 1 is 1.28 bits per heavy atom. The highest BCUT2D eigenvalue weighted by Crippen LogP contribution is 2.45. The first-order valence-electron chi connectivity index (χ1n) is 9.25. The molecule has 0 amide bonds. The van der Waals surface area contributed by atoms with Crippen molar-refractivity contribution >= 4 is 29.9 Å². The number of guanidine groups is 1. The molecule has 0 radical (unpaired) electrons. The van der Waals surface area contributed by atoms with E-state index in [9.17, 15) is 13.2 Å². The average Bonchev–Trinajstić information content (AvgIpc) is 3.27. The maximum absolute atomic E-state index is 12.7. The second-order valence-electron chi connectivity index (χ2n) is 6.94. The predicted molar refractivity (Wildman–Crippen MR) is 118 cm³/mol. The number of rotatable bonds is 6. The molecule has 0 bridgehead atoms. The maximum Gasteiger partial charge on any atom is 0.573 e. The van der Waals surface area contributed by atoms with E-state index in [-0.39, 0.29) is 41.7 Å². The lowest BCUT2D eigenvalue weighted by atomic mass is 10.1. The van der Waals surface area contributed by atoms with Gasteiger partial charge in [0.2, 0.25) is 0 Å². The van der Waals surface area contributed by atoms with E-state index in [0.29, 0.717) is 18.7 Å². The summed E-state index contributed by atoms with van der Waals surface area (Å²) >= 11 is 0. The number of para-hydroxylation sites is 1. The van der Waals surface area contributed by atoms with Crippen molar-refractivity contribution in [2.45, 2.75) is 38.2 Å². The zero-order valence-corrected chi connectivity index (χ0v) is 18.9. The smallest absolute Gasteiger partial charge is 0.405 e. The Labute approximate surface area is 186 Å². The SMILES string of the molecule is CCN=C(NC1CC1c1ccccc1OC(F)(F)F)N(C)Cc1cccn1C.I. The fourth-order valence-electron chi connectivity index (χ4n) is 3.27. The minimum atomic E-state index is -4.70. The van der Waals surface area contributed by atoms with Crippen LogP contribution in [0.25, 0.3) is 0 Å². The van der Waals surface area contributed by atoms with Crippen molar-refractivity contribution in [3.05, 3.63) is 53.9 Å². The van der Waals surface area contributed by atoms with E-state index in [1.54, 1.807) is 18.2 Å². The van der Waals surface area contributed by atoms with E-state index in [1.165, 1.54) is 6.07 Å². The molecule has 1 aromatic carbocycles. The Kier molecular flexibility index (Phi) is 7.84. The van der Waals surface area contributed by atoms with Gasteiger partial charge in [0.25, 0.3) is 0 Å². The van der Waals surface area contributed by atoms with Gasteiger partial charge in [-0.15, -0.1) is 37.1 Å². The van der Waals surface area contributed by atoms with E-state index in [4.69, 9.17) is 0 Å². The van der Waals surface area contributed by atoms with Crippen molar-refractivity contribution in [2.75, 3.05) is 13.6 Å². The molecule has 0 saturated heterocycles. The van der Waals surface area contributed by atoms with Crippen molar-refractivity contribution in [1.29, 1.82) is 0 Å². The molecule has 1 aromatic heterocycles. The zero-order chi connectivity index (χ0) is 20.3. The number of aliphatic imine (C=N–C) groups is 1. The molecular formula is C20H26F3IN4O. The molecule has 1 heterocycles. The second kappa shape index (κ2) is 9.73. The Bertz CT molecular complexity index is 837. The van der Waals surface area contributed by atoms with Crippen LogP contribution in [0.2, 0.25) is 0 Å². The second-order valence-corrected chi connectivity index (χ2v) is 6.94. The standard InChI is InChI=1S/C20H25F3N4O.HI/c1-4-24-19(27(3)13-14-8-7-11-26(14)2)25-17-12-16(17)15-9-5-6-10-18(15)28-20(21,22)23;/h5-11,16-17H,4,12-13H2,1-3H3,(H,24,25);1H. The van der Waals surface area contributed by atoms with Gasteiger partial charge in [0.15, 0.2) is 5.96 Å². The van der Waals surface area contributed by atoms with E-state index in [0.717, 1.165) is 18.1 Å². The molecule has 1 N–H and O–H groups in total. The third-order valence-electron chi connectivity index (χ3n) is 4.77. The maximum atomic E-state index is 12.7. The molecule has 160 valence electrons. The summed E-state index contributed by atoms with van der Waals surface area (Å²) in [6.07, 6.45) is -1.97. The van der Waals surface area contributed by atoms with Crippen molar-refractivity contribution in [3.8, 4) is 5.75 Å². The molecular weight excluding hydrogens is 496 g/mol. The first kappa shape index (κ1) is 23.4. The van der Waals surface area contributed by atoms with E-state index in [2.05, 4.69) is 15.0 Å². The van der Waals surface area contributed by atoms with Crippen molar-refractivity contribution in [2.24, 2.45) is 12.0 Å². The quantitative estimate of drug-likeness (QED) is 0.346. The Balaban J connectivity index is 0.00000300. The third-order valence-corrected chi connectivity index (χ3v) is 4.77. The third kappa shape index (κ3) is 6.28. The molecule has 9 heteroatoms. The number of ether oxygens (including phenoxy) is 1. The summed E-state index contributed by atoms with van der Waals surface area (Å²) in [7, 11) is 3.94. The van der Waals surface area contributed by atoms with Gasteiger partial charge in [0.1, 0.15) is 5.75 Å². The summed E-state index contributed by atoms with van der Waals surface area (Å²) in [6.45, 7) is 3.25. The minimum absolute atomic E-state index is 0. The molecule has 1 aliphatic rings. The molecule has 0 aliphatic heterocycles. The van der Waals surface area contributed by atoms with Gasteiger partial charge in [0, 0.05) is 44.5 Å². The number of hydrogen-bond acceptors (Lipinski definition) is 2. The van der Waals surface area contributed by atoms with Gasteiger partial charge < -0.3 is 19.5 Å². The van der Waals surface area contributed by atoms with Crippen LogP contribution < -0.4 is 10.1 Å². The number of nitrogens with zero attached hydrogens (tertiary/aromatic N) is 3. The van der Waals surface area contributed by atoms with Crippen LogP contribution in [0.15, 0.2) is 47.6 Å². The number of nitrogens with one attached hydrogen (secondary N) is 1. The van der Waals surface area contributed by atoms with Crippen LogP contribution in [0.1, 0.15) is 30.5 Å². The van der Waals surface area contributed by atoms with Crippen LogP contribution in [-0.4, -0.2) is 41.4 Å². The summed E-state index contributed by atoms with van der Waals surface area (Å²) in [6, 6.07) is 10.4. The topological polar surface area (TPSA) is 41.8 Å². The fourth-order valence-corrected chi connectivity index (χ4v) is 3.27. The first-order valence-corrected chi connectivity index (χ1v) is 9.25. The fraction of sp³-hybridized carbons (Fsp3) is 0.450. The first-order chi connectivity index (χ1) is 13.3. The van der Waals surface area contributed by atoms with Gasteiger partial charge in [-0.2, -0.15) is 0 Å². The lowest BCUT2D eigenvalue weighted by Gasteiger charge is -2.23. The van der Waals surface area contributed by atoms with Crippen LogP contribution in [0.5, 0.6) is 5.75 Å². The number of aromatic nitrogens is 1. The predicted octanol–water partition coefficient (Wildman–Crippen LogP) is 4.50. The minimum Gasteiger partial charge on any atom is -0.405 e. The Morgan fingerprint density at radius 2 is 2.00 bits per heavy atom. The van der Waals surface area contributed by atoms with Crippen LogP contribution in [0.4, 0.5) is 13.2 Å². The largest absolute Gasteiger partial charge is 0.573 e. The number of hydrogen-bond donors (Lipinski definition) is 1. The van der Waals surface area contributed by atoms with Gasteiger partial charge in [-0.05, 0) is 37.1 Å². The van der Waals surface area contributed by atoms with E-state index in [1.807, 2.05) is 48.8 Å². The Hall–Kier alpha value is -1.91. The molecule has 29 heavy (non-hydrogen) atoms. The number of alkyl halides is 3. The van der Waals surface area contributed by atoms with Gasteiger partial charge in [0.05, 0.1) is 6.54 Å². The van der Waals surface area contributed by atoms with Gasteiger partial charge in [-0.25, -0.2) is 0 Å². The van der Waals surface area contributed by atoms with Gasteiger partial charge in [-0.1, -0.05) is 18.2 Å². The molecule has 1 saturated carbocycles. The summed E-state index contributed by atoms with van der Waals surface area (Å²) < 4.78 is 44.2. The molecule has 1 fully saturated rings. The number of halogens is 4. The molecule has 2 unspecified atom stereocenters. The highest BCUT2D eigenvalue weighted by Gasteiger charge is 2.42. The monoisotopic (exact) mass is 522 g/mol. The number of aryl methyl sites for hydroxylation is 1. The van der Waals surface area contributed by atoms with Crippen molar-refractivity contribution in [1.82, 2.24) is 14.8 Å². The van der Waals surface area contributed by atoms with Crippen LogP contribution in [0, 0.1) is 0 Å². The van der Waals surface area contributed by atoms with E-state index < -0.39 is 6.36 Å². The normalized spacial score (nSPS) is 18.8. The highest BCUT2D eigenvalue weighted by atomic mass is 127. The summed E-state index contributed by atoms with van der Waals surface area (Å²) in [5.41, 5.74) is 1.71. The van der Waals surface area contributed by atoms with Crippen LogP contribution >= 0.6 is 24.0 Å². The lowest BCUT2D eigenvalue weighted by Crippen LogP contribution is -2.40. The van der Waals surface area contributed by atoms with Crippen molar-refractivity contribution in [3.63, 3.8) is 0 Å². The van der Waals surface area contributed by atoms with Crippen LogP contribution in [0.3, 0.4) is 0 Å². The van der Waals surface area contributed by atoms with Crippen LogP contribution in [-0.2, 0) is 13.6 Å². The molecule has 0 spiro atoms. The Morgan fingerprint density at radius 3 is 2.62 bits per heavy atom. The lowest BCUT2D eigenvalue weighted by molar-refractivity contribution is -0.274. The average molecular weight is 522 g/mol. The summed E-state index contributed by atoms with van der Waals surface area (Å²) in [5.74, 6) is 0.574. The van der Waals surface area contributed by atoms with Crippen molar-refractivity contribution < 1.29 is 17.9 Å². The summed E-state index contributed by atoms with van der Waals surface area (Å²) in [5, 5.41) is 3.39. The molecule has 1 aliphatic carbocycles. The van der Waals surface area contributed by atoms with Gasteiger partial charge >= 0.3 is 6.36 Å². The number of benzene rings is 1. The van der Waals surface area contributed by atoms with E-state index >= 15 is 0 Å². The highest BCUT2D eigenvalue weighted by molar-refractivity contribution is 14.0. The molecule has 2 aromatic rings. The summed E-state index contributed by atoms with van der Waals surface area (Å²) in [4.78, 5) is 6.56. The zero-order valence-electron chi connectivity index (χ0n) is 16.6.